The lowest BCUT2D eigenvalue weighted by atomic mass is 9.98. The highest BCUT2D eigenvalue weighted by Crippen LogP contribution is 2.36. The molecule has 0 aliphatic carbocycles. The van der Waals surface area contributed by atoms with Gasteiger partial charge in [0.2, 0.25) is 11.8 Å². The number of pyridine rings is 1. The SMILES string of the molecule is COc1ccc(-c2ccccc2C(=O)Nc2oc(-c3ccccc3)nc2-c2cccnc2)c(O)c1. The van der Waals surface area contributed by atoms with Crippen LogP contribution in [0, 0.1) is 0 Å². The molecule has 5 rings (SSSR count). The molecule has 0 atom stereocenters. The Labute approximate surface area is 201 Å². The molecule has 0 unspecified atom stereocenters. The number of oxazole rings is 1. The van der Waals surface area contributed by atoms with Crippen LogP contribution in [0.2, 0.25) is 0 Å². The standard InChI is InChI=1S/C28H21N3O4/c1-34-20-13-14-22(24(32)16-20)21-11-5-6-12-23(21)26(33)31-28-25(19-10-7-15-29-17-19)30-27(35-28)18-8-3-2-4-9-18/h2-17,32H,1H3,(H,31,33). The number of benzene rings is 3. The molecule has 0 fully saturated rings. The lowest BCUT2D eigenvalue weighted by molar-refractivity contribution is 0.102. The maximum atomic E-state index is 13.5. The fourth-order valence-electron chi connectivity index (χ4n) is 3.76. The van der Waals surface area contributed by atoms with Crippen molar-refractivity contribution in [3.05, 3.63) is 103 Å². The summed E-state index contributed by atoms with van der Waals surface area (Å²) in [5.41, 5.74) is 3.39. The van der Waals surface area contributed by atoms with Crippen molar-refractivity contribution in [1.29, 1.82) is 0 Å². The lowest BCUT2D eigenvalue weighted by Crippen LogP contribution is -2.13. The van der Waals surface area contributed by atoms with Gasteiger partial charge in [0.15, 0.2) is 0 Å². The van der Waals surface area contributed by atoms with Crippen LogP contribution in [-0.2, 0) is 0 Å². The van der Waals surface area contributed by atoms with Crippen LogP contribution in [0.15, 0.2) is 102 Å². The molecule has 0 radical (unpaired) electrons. The third kappa shape index (κ3) is 4.47. The molecule has 0 spiro atoms. The van der Waals surface area contributed by atoms with Crippen molar-refractivity contribution >= 4 is 11.8 Å². The number of aromatic hydroxyl groups is 1. The summed E-state index contributed by atoms with van der Waals surface area (Å²) in [6.07, 6.45) is 3.32. The highest BCUT2D eigenvalue weighted by atomic mass is 16.5. The molecule has 2 heterocycles. The van der Waals surface area contributed by atoms with Gasteiger partial charge in [-0.2, -0.15) is 0 Å². The zero-order valence-corrected chi connectivity index (χ0v) is 18.8. The molecular weight excluding hydrogens is 442 g/mol. The summed E-state index contributed by atoms with van der Waals surface area (Å²) in [5.74, 6) is 0.698. The zero-order chi connectivity index (χ0) is 24.2. The van der Waals surface area contributed by atoms with E-state index in [1.54, 1.807) is 54.9 Å². The predicted molar refractivity (Wildman–Crippen MR) is 133 cm³/mol. The first-order valence-electron chi connectivity index (χ1n) is 10.9. The summed E-state index contributed by atoms with van der Waals surface area (Å²) in [6.45, 7) is 0. The van der Waals surface area contributed by atoms with Gasteiger partial charge in [-0.3, -0.25) is 15.1 Å². The number of rotatable bonds is 6. The average Bonchev–Trinajstić information content (AvgIpc) is 3.33. The molecule has 2 N–H and O–H groups in total. The minimum absolute atomic E-state index is 0.00618. The van der Waals surface area contributed by atoms with Gasteiger partial charge in [0.25, 0.3) is 5.91 Å². The van der Waals surface area contributed by atoms with Crippen LogP contribution in [0.1, 0.15) is 10.4 Å². The molecule has 5 aromatic rings. The van der Waals surface area contributed by atoms with E-state index < -0.39 is 5.91 Å². The number of anilines is 1. The first kappa shape index (κ1) is 21.9. The topological polar surface area (TPSA) is 97.5 Å². The highest BCUT2D eigenvalue weighted by molar-refractivity contribution is 6.09. The van der Waals surface area contributed by atoms with Crippen molar-refractivity contribution in [1.82, 2.24) is 9.97 Å². The van der Waals surface area contributed by atoms with Gasteiger partial charge in [0.1, 0.15) is 17.2 Å². The van der Waals surface area contributed by atoms with Crippen LogP contribution in [0.4, 0.5) is 5.88 Å². The van der Waals surface area contributed by atoms with Crippen LogP contribution in [0.25, 0.3) is 33.8 Å². The monoisotopic (exact) mass is 463 g/mol. The number of phenols is 1. The molecular formula is C28H21N3O4. The fraction of sp³-hybridized carbons (Fsp3) is 0.0357. The molecule has 172 valence electrons. The fourth-order valence-corrected chi connectivity index (χ4v) is 3.76. The Hall–Kier alpha value is -4.91. The first-order valence-corrected chi connectivity index (χ1v) is 10.9. The quantitative estimate of drug-likeness (QED) is 0.319. The lowest BCUT2D eigenvalue weighted by Gasteiger charge is -2.12. The van der Waals surface area contributed by atoms with Crippen LogP contribution in [0.5, 0.6) is 11.5 Å². The summed E-state index contributed by atoms with van der Waals surface area (Å²) >= 11 is 0. The molecule has 7 heteroatoms. The van der Waals surface area contributed by atoms with Crippen LogP contribution >= 0.6 is 0 Å². The smallest absolute Gasteiger partial charge is 0.258 e. The molecule has 0 aliphatic rings. The third-order valence-corrected chi connectivity index (χ3v) is 5.48. The summed E-state index contributed by atoms with van der Waals surface area (Å²) in [5, 5.41) is 13.4. The number of phenolic OH excluding ortho intramolecular Hbond substituents is 1. The van der Waals surface area contributed by atoms with Gasteiger partial charge in [-0.1, -0.05) is 36.4 Å². The van der Waals surface area contributed by atoms with Crippen LogP contribution in [0.3, 0.4) is 0 Å². The van der Waals surface area contributed by atoms with E-state index in [1.165, 1.54) is 13.2 Å². The molecule has 35 heavy (non-hydrogen) atoms. The van der Waals surface area contributed by atoms with E-state index in [0.29, 0.717) is 39.6 Å². The second kappa shape index (κ2) is 9.52. The highest BCUT2D eigenvalue weighted by Gasteiger charge is 2.21. The Morgan fingerprint density at radius 3 is 2.43 bits per heavy atom. The Bertz CT molecular complexity index is 1480. The Morgan fingerprint density at radius 1 is 0.914 bits per heavy atom. The maximum absolute atomic E-state index is 13.5. The van der Waals surface area contributed by atoms with E-state index in [0.717, 1.165) is 5.56 Å². The summed E-state index contributed by atoms with van der Waals surface area (Å²) in [7, 11) is 1.52. The van der Waals surface area contributed by atoms with Gasteiger partial charge in [-0.15, -0.1) is 0 Å². The van der Waals surface area contributed by atoms with E-state index in [2.05, 4.69) is 15.3 Å². The normalized spacial score (nSPS) is 10.7. The molecule has 0 saturated heterocycles. The number of carbonyl (C=O) groups excluding carboxylic acids is 1. The van der Waals surface area contributed by atoms with Gasteiger partial charge in [-0.25, -0.2) is 4.98 Å². The number of nitrogens with zero attached hydrogens (tertiary/aromatic N) is 2. The number of hydrogen-bond acceptors (Lipinski definition) is 6. The van der Waals surface area contributed by atoms with Crippen molar-refractivity contribution in [2.24, 2.45) is 0 Å². The molecule has 0 saturated carbocycles. The number of carbonyl (C=O) groups is 1. The molecule has 0 aliphatic heterocycles. The van der Waals surface area contributed by atoms with E-state index >= 15 is 0 Å². The third-order valence-electron chi connectivity index (χ3n) is 5.48. The maximum Gasteiger partial charge on any atom is 0.258 e. The molecule has 7 nitrogen and oxygen atoms in total. The molecule has 2 aromatic heterocycles. The van der Waals surface area contributed by atoms with Gasteiger partial charge >= 0.3 is 0 Å². The Kier molecular flexibility index (Phi) is 5.96. The number of ether oxygens (including phenoxy) is 1. The summed E-state index contributed by atoms with van der Waals surface area (Å²) < 4.78 is 11.2. The first-order chi connectivity index (χ1) is 17.1. The van der Waals surface area contributed by atoms with Crippen molar-refractivity contribution < 1.29 is 19.1 Å². The van der Waals surface area contributed by atoms with Crippen molar-refractivity contribution in [3.63, 3.8) is 0 Å². The van der Waals surface area contributed by atoms with Gasteiger partial charge < -0.3 is 14.3 Å². The van der Waals surface area contributed by atoms with E-state index in [1.807, 2.05) is 36.4 Å². The Balaban J connectivity index is 1.54. The van der Waals surface area contributed by atoms with E-state index in [4.69, 9.17) is 9.15 Å². The number of amides is 1. The van der Waals surface area contributed by atoms with Gasteiger partial charge in [-0.05, 0) is 48.0 Å². The zero-order valence-electron chi connectivity index (χ0n) is 18.8. The second-order valence-electron chi connectivity index (χ2n) is 7.69. The minimum Gasteiger partial charge on any atom is -0.507 e. The van der Waals surface area contributed by atoms with Crippen LogP contribution in [-0.4, -0.2) is 28.1 Å². The Morgan fingerprint density at radius 2 is 1.69 bits per heavy atom. The summed E-state index contributed by atoms with van der Waals surface area (Å²) in [6, 6.07) is 25.1. The van der Waals surface area contributed by atoms with Crippen molar-refractivity contribution in [2.45, 2.75) is 0 Å². The number of methoxy groups -OCH3 is 1. The van der Waals surface area contributed by atoms with Crippen molar-refractivity contribution in [2.75, 3.05) is 12.4 Å². The van der Waals surface area contributed by atoms with Crippen molar-refractivity contribution in [3.8, 4) is 45.3 Å². The largest absolute Gasteiger partial charge is 0.507 e. The summed E-state index contributed by atoms with van der Waals surface area (Å²) in [4.78, 5) is 22.3. The van der Waals surface area contributed by atoms with E-state index in [-0.39, 0.29) is 11.6 Å². The number of nitrogens with one attached hydrogen (secondary N) is 1. The van der Waals surface area contributed by atoms with Gasteiger partial charge in [0, 0.05) is 40.7 Å². The second-order valence-corrected chi connectivity index (χ2v) is 7.69. The predicted octanol–water partition coefficient (Wildman–Crippen LogP) is 6.04. The number of aromatic nitrogens is 2. The molecule has 3 aromatic carbocycles. The minimum atomic E-state index is -0.406. The molecule has 0 bridgehead atoms. The van der Waals surface area contributed by atoms with Gasteiger partial charge in [0.05, 0.1) is 7.11 Å². The van der Waals surface area contributed by atoms with Crippen LogP contribution < -0.4 is 10.1 Å². The number of hydrogen-bond donors (Lipinski definition) is 2. The average molecular weight is 463 g/mol. The van der Waals surface area contributed by atoms with E-state index in [9.17, 15) is 9.90 Å². The molecule has 1 amide bonds.